The Morgan fingerprint density at radius 3 is 1.90 bits per heavy atom. The number of amides is 1. The van der Waals surface area contributed by atoms with E-state index in [4.69, 9.17) is 15.9 Å². The molecule has 0 spiro atoms. The largest absolute Gasteiger partial charge is 0.390 e. The molecule has 4 N–H and O–H groups in total. The van der Waals surface area contributed by atoms with Gasteiger partial charge in [0.1, 0.15) is 0 Å². The van der Waals surface area contributed by atoms with Gasteiger partial charge >= 0.3 is 0 Å². The quantitative estimate of drug-likeness (QED) is 0.424. The van der Waals surface area contributed by atoms with Gasteiger partial charge in [0.05, 0.1) is 12.2 Å². The molecule has 0 aliphatic heterocycles. The third kappa shape index (κ3) is 1.27. The van der Waals surface area contributed by atoms with E-state index in [0.29, 0.717) is 12.8 Å². The molecule has 0 aromatic rings. The molecule has 0 heterocycles. The number of nitrogens with two attached hydrogens (primary N) is 1. The van der Waals surface area contributed by atoms with Gasteiger partial charge < -0.3 is 15.9 Å². The van der Waals surface area contributed by atoms with Gasteiger partial charge in [-0.2, -0.15) is 0 Å². The Labute approximate surface area is 58.6 Å². The minimum absolute atomic E-state index is 0.302. The van der Waals surface area contributed by atoms with Crippen LogP contribution in [0.4, 0.5) is 0 Å². The van der Waals surface area contributed by atoms with Crippen molar-refractivity contribution in [3.05, 3.63) is 0 Å². The minimum atomic E-state index is -0.766. The van der Waals surface area contributed by atoms with E-state index in [9.17, 15) is 4.79 Å². The molecule has 0 aromatic heterocycles. The lowest BCUT2D eigenvalue weighted by Crippen LogP contribution is -2.21. The zero-order valence-corrected chi connectivity index (χ0v) is 5.53. The van der Waals surface area contributed by atoms with Crippen molar-refractivity contribution in [2.75, 3.05) is 0 Å². The predicted molar refractivity (Wildman–Crippen MR) is 33.9 cm³/mol. The Morgan fingerprint density at radius 2 is 1.70 bits per heavy atom. The second-order valence-corrected chi connectivity index (χ2v) is 2.71. The number of primary amides is 1. The summed E-state index contributed by atoms with van der Waals surface area (Å²) in [5, 5.41) is 17.9. The second-order valence-electron chi connectivity index (χ2n) is 2.71. The zero-order chi connectivity index (χ0) is 7.72. The Kier molecular flexibility index (Phi) is 1.92. The van der Waals surface area contributed by atoms with Crippen LogP contribution >= 0.6 is 0 Å². The molecule has 10 heavy (non-hydrogen) atoms. The molecule has 1 saturated carbocycles. The van der Waals surface area contributed by atoms with E-state index in [2.05, 4.69) is 0 Å². The van der Waals surface area contributed by atoms with Gasteiger partial charge in [0.2, 0.25) is 5.91 Å². The van der Waals surface area contributed by atoms with Crippen molar-refractivity contribution in [1.29, 1.82) is 0 Å². The van der Waals surface area contributed by atoms with Crippen LogP contribution in [0.25, 0.3) is 0 Å². The van der Waals surface area contributed by atoms with Gasteiger partial charge in [-0.15, -0.1) is 0 Å². The summed E-state index contributed by atoms with van der Waals surface area (Å²) in [5.41, 5.74) is 4.96. The number of aliphatic hydroxyl groups excluding tert-OH is 2. The lowest BCUT2D eigenvalue weighted by molar-refractivity contribution is -0.121. The highest BCUT2D eigenvalue weighted by Crippen LogP contribution is 2.25. The van der Waals surface area contributed by atoms with E-state index in [-0.39, 0.29) is 5.92 Å². The highest BCUT2D eigenvalue weighted by molar-refractivity contribution is 5.77. The van der Waals surface area contributed by atoms with E-state index in [0.717, 1.165) is 0 Å². The molecule has 1 rings (SSSR count). The van der Waals surface area contributed by atoms with E-state index >= 15 is 0 Å². The van der Waals surface area contributed by atoms with Crippen molar-refractivity contribution in [3.63, 3.8) is 0 Å². The zero-order valence-electron chi connectivity index (χ0n) is 5.53. The molecular formula is C6H11NO3. The Hall–Kier alpha value is -0.610. The first kappa shape index (κ1) is 7.50. The van der Waals surface area contributed by atoms with E-state index in [1.165, 1.54) is 0 Å². The maximum absolute atomic E-state index is 10.5. The van der Waals surface area contributed by atoms with Crippen molar-refractivity contribution < 1.29 is 15.0 Å². The summed E-state index contributed by atoms with van der Waals surface area (Å²) in [6, 6.07) is 0. The number of rotatable bonds is 1. The summed E-state index contributed by atoms with van der Waals surface area (Å²) in [6.07, 6.45) is -0.928. The molecule has 2 atom stereocenters. The molecule has 0 bridgehead atoms. The number of aliphatic hydroxyl groups is 2. The molecule has 0 saturated heterocycles. The summed E-state index contributed by atoms with van der Waals surface area (Å²) in [6.45, 7) is 0. The lowest BCUT2D eigenvalue weighted by atomic mass is 10.1. The maximum Gasteiger partial charge on any atom is 0.220 e. The first-order chi connectivity index (χ1) is 4.61. The van der Waals surface area contributed by atoms with Crippen LogP contribution in [0.5, 0.6) is 0 Å². The van der Waals surface area contributed by atoms with Crippen LogP contribution in [0.15, 0.2) is 0 Å². The first-order valence-corrected chi connectivity index (χ1v) is 3.26. The molecule has 4 nitrogen and oxygen atoms in total. The minimum Gasteiger partial charge on any atom is -0.390 e. The number of hydrogen-bond donors (Lipinski definition) is 3. The molecule has 1 amide bonds. The van der Waals surface area contributed by atoms with Crippen LogP contribution in [0.1, 0.15) is 12.8 Å². The van der Waals surface area contributed by atoms with Crippen LogP contribution in [-0.2, 0) is 4.79 Å². The van der Waals surface area contributed by atoms with Crippen molar-refractivity contribution in [1.82, 2.24) is 0 Å². The van der Waals surface area contributed by atoms with Crippen molar-refractivity contribution in [2.24, 2.45) is 11.7 Å². The monoisotopic (exact) mass is 145 g/mol. The first-order valence-electron chi connectivity index (χ1n) is 3.26. The molecule has 1 fully saturated rings. The van der Waals surface area contributed by atoms with Crippen LogP contribution in [-0.4, -0.2) is 28.3 Å². The van der Waals surface area contributed by atoms with Gasteiger partial charge in [-0.05, 0) is 12.8 Å². The molecule has 1 aliphatic rings. The summed E-state index contributed by atoms with van der Waals surface area (Å²) in [4.78, 5) is 10.5. The maximum atomic E-state index is 10.5. The fourth-order valence-electron chi connectivity index (χ4n) is 1.23. The smallest absolute Gasteiger partial charge is 0.220 e. The molecule has 0 radical (unpaired) electrons. The Bertz CT molecular complexity index is 138. The lowest BCUT2D eigenvalue weighted by Gasteiger charge is -2.03. The summed E-state index contributed by atoms with van der Waals surface area (Å²) >= 11 is 0. The van der Waals surface area contributed by atoms with Gasteiger partial charge in [-0.1, -0.05) is 0 Å². The SMILES string of the molecule is NC(=O)C1CC(O)C(O)C1. The van der Waals surface area contributed by atoms with Crippen molar-refractivity contribution >= 4 is 5.91 Å². The van der Waals surface area contributed by atoms with Crippen LogP contribution < -0.4 is 5.73 Å². The van der Waals surface area contributed by atoms with Gasteiger partial charge in [0, 0.05) is 5.92 Å². The molecule has 0 aromatic carbocycles. The van der Waals surface area contributed by atoms with E-state index in [1.807, 2.05) is 0 Å². The number of carbonyl (C=O) groups excluding carboxylic acids is 1. The third-order valence-corrected chi connectivity index (χ3v) is 1.90. The molecule has 2 unspecified atom stereocenters. The fourth-order valence-corrected chi connectivity index (χ4v) is 1.23. The number of carbonyl (C=O) groups is 1. The number of hydrogen-bond acceptors (Lipinski definition) is 3. The average Bonchev–Trinajstić information content (AvgIpc) is 2.13. The highest BCUT2D eigenvalue weighted by Gasteiger charge is 2.34. The van der Waals surface area contributed by atoms with E-state index < -0.39 is 18.1 Å². The fraction of sp³-hybridized carbons (Fsp3) is 0.833. The molecule has 1 aliphatic carbocycles. The standard InChI is InChI=1S/C6H11NO3/c7-6(10)3-1-4(8)5(9)2-3/h3-5,8-9H,1-2H2,(H2,7,10). The van der Waals surface area contributed by atoms with Crippen molar-refractivity contribution in [3.8, 4) is 0 Å². The Morgan fingerprint density at radius 1 is 1.30 bits per heavy atom. The summed E-state index contributed by atoms with van der Waals surface area (Å²) in [7, 11) is 0. The Balaban J connectivity index is 2.49. The van der Waals surface area contributed by atoms with Gasteiger partial charge in [0.25, 0.3) is 0 Å². The molecule has 58 valence electrons. The van der Waals surface area contributed by atoms with Crippen LogP contribution in [0.3, 0.4) is 0 Å². The average molecular weight is 145 g/mol. The normalized spacial score (nSPS) is 40.0. The van der Waals surface area contributed by atoms with Gasteiger partial charge in [-0.3, -0.25) is 4.79 Å². The topological polar surface area (TPSA) is 83.6 Å². The van der Waals surface area contributed by atoms with Gasteiger partial charge in [-0.25, -0.2) is 0 Å². The van der Waals surface area contributed by atoms with Crippen LogP contribution in [0.2, 0.25) is 0 Å². The van der Waals surface area contributed by atoms with Crippen molar-refractivity contribution in [2.45, 2.75) is 25.0 Å². The molecular weight excluding hydrogens is 134 g/mol. The van der Waals surface area contributed by atoms with Crippen LogP contribution in [0, 0.1) is 5.92 Å². The highest BCUT2D eigenvalue weighted by atomic mass is 16.3. The molecule has 4 heteroatoms. The summed E-state index contributed by atoms with van der Waals surface area (Å²) < 4.78 is 0. The van der Waals surface area contributed by atoms with Gasteiger partial charge in [0.15, 0.2) is 0 Å². The summed E-state index contributed by atoms with van der Waals surface area (Å²) in [5.74, 6) is -0.777. The third-order valence-electron chi connectivity index (χ3n) is 1.90. The van der Waals surface area contributed by atoms with E-state index in [1.54, 1.807) is 0 Å². The second kappa shape index (κ2) is 2.56. The predicted octanol–water partition coefficient (Wildman–Crippen LogP) is -1.40.